The minimum atomic E-state index is -0.337. The average Bonchev–Trinajstić information content (AvgIpc) is 3.09. The summed E-state index contributed by atoms with van der Waals surface area (Å²) >= 11 is 6.49. The summed E-state index contributed by atoms with van der Waals surface area (Å²) in [6, 6.07) is 5.68. The van der Waals surface area contributed by atoms with Crippen LogP contribution in [-0.2, 0) is 6.54 Å². The fourth-order valence-corrected chi connectivity index (χ4v) is 2.82. The predicted octanol–water partition coefficient (Wildman–Crippen LogP) is 4.29. The van der Waals surface area contributed by atoms with E-state index in [-0.39, 0.29) is 11.5 Å². The molecule has 0 radical (unpaired) electrons. The monoisotopic (exact) mass is 393 g/mol. The molecule has 28 heavy (non-hydrogen) atoms. The van der Waals surface area contributed by atoms with Gasteiger partial charge in [0.15, 0.2) is 5.65 Å². The van der Waals surface area contributed by atoms with Gasteiger partial charge in [0.25, 0.3) is 5.91 Å². The number of hydrogen-bond donors (Lipinski definition) is 1. The predicted molar refractivity (Wildman–Crippen MR) is 111 cm³/mol. The third-order valence-electron chi connectivity index (χ3n) is 4.00. The molecule has 0 aliphatic rings. The van der Waals surface area contributed by atoms with Crippen LogP contribution in [0.1, 0.15) is 29.9 Å². The molecule has 0 unspecified atom stereocenters. The molecular weight excluding hydrogens is 374 g/mol. The molecule has 1 N–H and O–H groups in total. The second-order valence-corrected chi connectivity index (χ2v) is 6.60. The van der Waals surface area contributed by atoms with Crippen molar-refractivity contribution in [1.29, 1.82) is 0 Å². The van der Waals surface area contributed by atoms with E-state index in [0.717, 1.165) is 11.3 Å². The maximum atomic E-state index is 12.7. The van der Waals surface area contributed by atoms with Crippen molar-refractivity contribution in [2.45, 2.75) is 20.4 Å². The Balaban J connectivity index is 1.86. The van der Waals surface area contributed by atoms with Crippen molar-refractivity contribution in [2.75, 3.05) is 0 Å². The van der Waals surface area contributed by atoms with Crippen molar-refractivity contribution in [1.82, 2.24) is 25.1 Å². The minimum absolute atomic E-state index is 0.287. The van der Waals surface area contributed by atoms with Gasteiger partial charge in [-0.15, -0.1) is 0 Å². The lowest BCUT2D eigenvalue weighted by molar-refractivity contribution is 0.0967. The maximum Gasteiger partial charge on any atom is 0.258 e. The second-order valence-electron chi connectivity index (χ2n) is 6.22. The van der Waals surface area contributed by atoms with Gasteiger partial charge in [-0.05, 0) is 32.1 Å². The van der Waals surface area contributed by atoms with Crippen molar-refractivity contribution < 1.29 is 4.79 Å². The van der Waals surface area contributed by atoms with Crippen LogP contribution in [0.2, 0.25) is 5.02 Å². The van der Waals surface area contributed by atoms with Crippen LogP contribution >= 0.6 is 11.6 Å². The molecule has 3 heterocycles. The molecule has 0 aliphatic heterocycles. The molecule has 3 aromatic heterocycles. The normalized spacial score (nSPS) is 11.9. The van der Waals surface area contributed by atoms with Gasteiger partial charge in [-0.2, -0.15) is 5.10 Å². The second kappa shape index (κ2) is 8.63. The van der Waals surface area contributed by atoms with Crippen LogP contribution in [0.15, 0.2) is 72.9 Å². The zero-order valence-corrected chi connectivity index (χ0v) is 16.4. The minimum Gasteiger partial charge on any atom is -0.322 e. The van der Waals surface area contributed by atoms with Crippen molar-refractivity contribution >= 4 is 28.5 Å². The number of halogens is 1. The molecular formula is C21H20ClN5O. The fraction of sp³-hybridized carbons (Fsp3) is 0.143. The highest BCUT2D eigenvalue weighted by Gasteiger charge is 2.17. The molecule has 0 saturated carbocycles. The van der Waals surface area contributed by atoms with Crippen LogP contribution in [0, 0.1) is 0 Å². The van der Waals surface area contributed by atoms with E-state index in [1.165, 1.54) is 6.20 Å². The quantitative estimate of drug-likeness (QED) is 0.634. The number of carbonyl (C=O) groups is 1. The van der Waals surface area contributed by atoms with E-state index in [1.54, 1.807) is 29.2 Å². The summed E-state index contributed by atoms with van der Waals surface area (Å²) < 4.78 is 1.71. The van der Waals surface area contributed by atoms with Gasteiger partial charge >= 0.3 is 0 Å². The highest BCUT2D eigenvalue weighted by Crippen LogP contribution is 2.26. The van der Waals surface area contributed by atoms with Crippen LogP contribution in [0.4, 0.5) is 0 Å². The Bertz CT molecular complexity index is 1080. The highest BCUT2D eigenvalue weighted by atomic mass is 35.5. The molecule has 6 nitrogen and oxygen atoms in total. The Kier molecular flexibility index (Phi) is 6.01. The number of carbonyl (C=O) groups excluding carboxylic acids is 1. The smallest absolute Gasteiger partial charge is 0.258 e. The molecule has 142 valence electrons. The Morgan fingerprint density at radius 2 is 2.11 bits per heavy atom. The fourth-order valence-electron chi connectivity index (χ4n) is 2.56. The zero-order valence-electron chi connectivity index (χ0n) is 15.7. The van der Waals surface area contributed by atoms with Crippen LogP contribution in [-0.4, -0.2) is 25.7 Å². The van der Waals surface area contributed by atoms with Gasteiger partial charge in [0.2, 0.25) is 0 Å². The molecule has 1 amide bonds. The van der Waals surface area contributed by atoms with Crippen LogP contribution in [0.5, 0.6) is 0 Å². The molecule has 0 aromatic carbocycles. The van der Waals surface area contributed by atoms with Crippen molar-refractivity contribution in [3.8, 4) is 0 Å². The van der Waals surface area contributed by atoms with E-state index in [1.807, 2.05) is 38.1 Å². The van der Waals surface area contributed by atoms with Crippen LogP contribution < -0.4 is 5.32 Å². The number of fused-ring (bicyclic) bond motifs is 1. The molecule has 7 heteroatoms. The van der Waals surface area contributed by atoms with E-state index in [2.05, 4.69) is 27.0 Å². The van der Waals surface area contributed by atoms with Gasteiger partial charge in [0.05, 0.1) is 34.4 Å². The Morgan fingerprint density at radius 1 is 1.29 bits per heavy atom. The molecule has 3 aromatic rings. The standard InChI is InChI=1S/C21H20ClN5O/c1-4-15(9-8-14(2)3)26-21(28)18-11-24-20-17(19(18)22)12-25-27(20)13-16-7-5-6-10-23-16/h4-12H,2,13H2,1,3H3,(H,26,28)/b9-8-,15-4+. The third kappa shape index (κ3) is 4.35. The van der Waals surface area contributed by atoms with Crippen molar-refractivity contribution in [3.05, 3.63) is 89.1 Å². The van der Waals surface area contributed by atoms with E-state index in [4.69, 9.17) is 11.6 Å². The Labute approximate surface area is 168 Å². The Morgan fingerprint density at radius 3 is 2.79 bits per heavy atom. The number of amides is 1. The number of hydrogen-bond acceptors (Lipinski definition) is 4. The zero-order chi connectivity index (χ0) is 20.1. The first-order valence-corrected chi connectivity index (χ1v) is 9.08. The van der Waals surface area contributed by atoms with Gasteiger partial charge in [0.1, 0.15) is 0 Å². The summed E-state index contributed by atoms with van der Waals surface area (Å²) in [5, 5.41) is 8.10. The SMILES string of the molecule is C=C(C)/C=C\C(=C/C)NC(=O)c1cnc2c(cnn2Cc2ccccn2)c1Cl. The van der Waals surface area contributed by atoms with Gasteiger partial charge in [0, 0.05) is 18.1 Å². The summed E-state index contributed by atoms with van der Waals surface area (Å²) in [6.07, 6.45) is 10.2. The van der Waals surface area contributed by atoms with E-state index >= 15 is 0 Å². The lowest BCUT2D eigenvalue weighted by Crippen LogP contribution is -2.22. The molecule has 0 aliphatic carbocycles. The Hall–Kier alpha value is -3.25. The summed E-state index contributed by atoms with van der Waals surface area (Å²) in [7, 11) is 0. The molecule has 0 spiro atoms. The molecule has 0 saturated heterocycles. The lowest BCUT2D eigenvalue weighted by atomic mass is 10.2. The molecule has 0 bridgehead atoms. The molecule has 3 rings (SSSR count). The highest BCUT2D eigenvalue weighted by molar-refractivity contribution is 6.38. The summed E-state index contributed by atoms with van der Waals surface area (Å²) in [5.41, 5.74) is 3.27. The van der Waals surface area contributed by atoms with Gasteiger partial charge in [-0.3, -0.25) is 9.78 Å². The largest absolute Gasteiger partial charge is 0.322 e. The number of allylic oxidation sites excluding steroid dienone is 4. The van der Waals surface area contributed by atoms with Crippen molar-refractivity contribution in [3.63, 3.8) is 0 Å². The van der Waals surface area contributed by atoms with E-state index < -0.39 is 0 Å². The lowest BCUT2D eigenvalue weighted by Gasteiger charge is -2.08. The first-order chi connectivity index (χ1) is 13.5. The molecule has 0 fully saturated rings. The third-order valence-corrected chi connectivity index (χ3v) is 4.41. The number of nitrogens with one attached hydrogen (secondary N) is 1. The first kappa shape index (κ1) is 19.5. The number of rotatable bonds is 6. The number of pyridine rings is 2. The molecule has 0 atom stereocenters. The van der Waals surface area contributed by atoms with Gasteiger partial charge < -0.3 is 5.32 Å². The first-order valence-electron chi connectivity index (χ1n) is 8.70. The van der Waals surface area contributed by atoms with E-state index in [9.17, 15) is 4.79 Å². The maximum absolute atomic E-state index is 12.7. The number of nitrogens with zero attached hydrogens (tertiary/aromatic N) is 4. The summed E-state index contributed by atoms with van der Waals surface area (Å²) in [6.45, 7) is 7.99. The van der Waals surface area contributed by atoms with Crippen LogP contribution in [0.25, 0.3) is 11.0 Å². The topological polar surface area (TPSA) is 72.7 Å². The van der Waals surface area contributed by atoms with Gasteiger partial charge in [-0.25, -0.2) is 9.67 Å². The summed E-state index contributed by atoms with van der Waals surface area (Å²) in [5.74, 6) is -0.337. The van der Waals surface area contributed by atoms with Gasteiger partial charge in [-0.1, -0.05) is 42.0 Å². The van der Waals surface area contributed by atoms with E-state index in [0.29, 0.717) is 28.3 Å². The van der Waals surface area contributed by atoms with Crippen molar-refractivity contribution in [2.24, 2.45) is 0 Å². The summed E-state index contributed by atoms with van der Waals surface area (Å²) in [4.78, 5) is 21.3. The van der Waals surface area contributed by atoms with Crippen LogP contribution in [0.3, 0.4) is 0 Å². The average molecular weight is 394 g/mol. The number of aromatic nitrogens is 4.